The van der Waals surface area contributed by atoms with Crippen LogP contribution in [0.25, 0.3) is 11.0 Å². The number of fused-ring (bicyclic) bond motifs is 1. The summed E-state index contributed by atoms with van der Waals surface area (Å²) in [4.78, 5) is 8.64. The van der Waals surface area contributed by atoms with Crippen LogP contribution in [0.1, 0.15) is 23.7 Å². The van der Waals surface area contributed by atoms with Crippen LogP contribution in [0.2, 0.25) is 5.02 Å². The number of rotatable bonds is 3. The van der Waals surface area contributed by atoms with Gasteiger partial charge in [-0.25, -0.2) is 4.98 Å². The van der Waals surface area contributed by atoms with Crippen molar-refractivity contribution in [2.75, 3.05) is 0 Å². The van der Waals surface area contributed by atoms with Crippen molar-refractivity contribution < 1.29 is 0 Å². The number of nitrogens with zero attached hydrogens (tertiary/aromatic N) is 3. The zero-order valence-electron chi connectivity index (χ0n) is 10.9. The SMILES string of the molecule is CC(Cl)c1nc2cc(Cl)ccc2n1Cc1ccncc1. The Bertz CT molecular complexity index is 735. The minimum atomic E-state index is -0.164. The van der Waals surface area contributed by atoms with Gasteiger partial charge in [0.15, 0.2) is 0 Å². The van der Waals surface area contributed by atoms with E-state index in [-0.39, 0.29) is 5.38 Å². The third-order valence-electron chi connectivity index (χ3n) is 3.19. The molecule has 0 amide bonds. The van der Waals surface area contributed by atoms with E-state index in [1.54, 1.807) is 12.4 Å². The van der Waals surface area contributed by atoms with Gasteiger partial charge >= 0.3 is 0 Å². The predicted molar refractivity (Wildman–Crippen MR) is 82.4 cm³/mol. The Morgan fingerprint density at radius 2 is 1.95 bits per heavy atom. The molecule has 0 bridgehead atoms. The van der Waals surface area contributed by atoms with Crippen LogP contribution < -0.4 is 0 Å². The van der Waals surface area contributed by atoms with Crippen LogP contribution in [0, 0.1) is 0 Å². The molecule has 0 N–H and O–H groups in total. The number of halogens is 2. The van der Waals surface area contributed by atoms with Crippen molar-refractivity contribution in [3.05, 3.63) is 59.1 Å². The third-order valence-corrected chi connectivity index (χ3v) is 3.62. The topological polar surface area (TPSA) is 30.7 Å². The van der Waals surface area contributed by atoms with E-state index < -0.39 is 0 Å². The van der Waals surface area contributed by atoms with E-state index in [4.69, 9.17) is 23.2 Å². The molecule has 0 aliphatic heterocycles. The maximum Gasteiger partial charge on any atom is 0.128 e. The molecule has 3 aromatic rings. The highest BCUT2D eigenvalue weighted by atomic mass is 35.5. The summed E-state index contributed by atoms with van der Waals surface area (Å²) in [5.74, 6) is 0.848. The van der Waals surface area contributed by atoms with Crippen LogP contribution in [0.3, 0.4) is 0 Å². The van der Waals surface area contributed by atoms with E-state index >= 15 is 0 Å². The fourth-order valence-corrected chi connectivity index (χ4v) is 2.60. The maximum absolute atomic E-state index is 6.26. The molecule has 0 aliphatic rings. The molecule has 1 aromatic carbocycles. The molecule has 0 saturated heterocycles. The number of pyridine rings is 1. The van der Waals surface area contributed by atoms with Crippen molar-refractivity contribution in [3.8, 4) is 0 Å². The molecule has 3 nitrogen and oxygen atoms in total. The molecule has 2 heterocycles. The lowest BCUT2D eigenvalue weighted by molar-refractivity contribution is 0.742. The Morgan fingerprint density at radius 3 is 2.65 bits per heavy atom. The van der Waals surface area contributed by atoms with Crippen molar-refractivity contribution in [1.82, 2.24) is 14.5 Å². The van der Waals surface area contributed by atoms with Gasteiger partial charge in [-0.1, -0.05) is 11.6 Å². The van der Waals surface area contributed by atoms with Gasteiger partial charge in [0, 0.05) is 24.0 Å². The molecule has 0 fully saturated rings. The van der Waals surface area contributed by atoms with Gasteiger partial charge < -0.3 is 4.57 Å². The quantitative estimate of drug-likeness (QED) is 0.670. The molecule has 1 unspecified atom stereocenters. The number of aromatic nitrogens is 3. The Kier molecular flexibility index (Phi) is 3.64. The van der Waals surface area contributed by atoms with Crippen LogP contribution >= 0.6 is 23.2 Å². The average molecular weight is 306 g/mol. The number of hydrogen-bond donors (Lipinski definition) is 0. The van der Waals surface area contributed by atoms with Crippen molar-refractivity contribution >= 4 is 34.2 Å². The van der Waals surface area contributed by atoms with Crippen molar-refractivity contribution in [2.24, 2.45) is 0 Å². The summed E-state index contributed by atoms with van der Waals surface area (Å²) in [5.41, 5.74) is 3.07. The largest absolute Gasteiger partial charge is 0.322 e. The number of benzene rings is 1. The van der Waals surface area contributed by atoms with Crippen LogP contribution in [-0.2, 0) is 6.54 Å². The standard InChI is InChI=1S/C15H13Cl2N3/c1-10(16)15-19-13-8-12(17)2-3-14(13)20(15)9-11-4-6-18-7-5-11/h2-8,10H,9H2,1H3. The van der Waals surface area contributed by atoms with Crippen LogP contribution in [0.4, 0.5) is 0 Å². The molecule has 0 aliphatic carbocycles. The first-order valence-corrected chi connectivity index (χ1v) is 7.15. The molecule has 0 spiro atoms. The molecule has 1 atom stereocenters. The fourth-order valence-electron chi connectivity index (χ4n) is 2.26. The lowest BCUT2D eigenvalue weighted by Gasteiger charge is -2.10. The fraction of sp³-hybridized carbons (Fsp3) is 0.200. The van der Waals surface area contributed by atoms with Gasteiger partial charge in [0.1, 0.15) is 5.82 Å². The van der Waals surface area contributed by atoms with Gasteiger partial charge in [-0.3, -0.25) is 4.98 Å². The maximum atomic E-state index is 6.26. The molecule has 0 radical (unpaired) electrons. The molecule has 2 aromatic heterocycles. The third kappa shape index (κ3) is 2.51. The first-order chi connectivity index (χ1) is 9.65. The summed E-state index contributed by atoms with van der Waals surface area (Å²) >= 11 is 12.3. The second-order valence-corrected chi connectivity index (χ2v) is 5.75. The molecular weight excluding hydrogens is 293 g/mol. The van der Waals surface area contributed by atoms with Gasteiger partial charge in [0.25, 0.3) is 0 Å². The summed E-state index contributed by atoms with van der Waals surface area (Å²) in [6.07, 6.45) is 3.57. The van der Waals surface area contributed by atoms with E-state index in [0.717, 1.165) is 22.4 Å². The minimum absolute atomic E-state index is 0.164. The summed E-state index contributed by atoms with van der Waals surface area (Å²) in [6, 6.07) is 9.70. The highest BCUT2D eigenvalue weighted by Gasteiger charge is 2.15. The molecule has 102 valence electrons. The predicted octanol–water partition coefficient (Wildman–Crippen LogP) is 4.43. The van der Waals surface area contributed by atoms with Gasteiger partial charge in [-0.15, -0.1) is 11.6 Å². The summed E-state index contributed by atoms with van der Waals surface area (Å²) in [6.45, 7) is 2.64. The van der Waals surface area contributed by atoms with Gasteiger partial charge in [0.05, 0.1) is 16.4 Å². The normalized spacial score (nSPS) is 12.8. The summed E-state index contributed by atoms with van der Waals surface area (Å²) in [5, 5.41) is 0.517. The number of alkyl halides is 1. The zero-order valence-corrected chi connectivity index (χ0v) is 12.4. The van der Waals surface area contributed by atoms with Crippen molar-refractivity contribution in [2.45, 2.75) is 18.8 Å². The van der Waals surface area contributed by atoms with Crippen molar-refractivity contribution in [3.63, 3.8) is 0 Å². The van der Waals surface area contributed by atoms with Crippen LogP contribution in [0.5, 0.6) is 0 Å². The zero-order chi connectivity index (χ0) is 14.1. The van der Waals surface area contributed by atoms with Crippen molar-refractivity contribution in [1.29, 1.82) is 0 Å². The second-order valence-electron chi connectivity index (χ2n) is 4.66. The van der Waals surface area contributed by atoms with Crippen LogP contribution in [0.15, 0.2) is 42.7 Å². The first-order valence-electron chi connectivity index (χ1n) is 6.34. The number of imidazole rings is 1. The van der Waals surface area contributed by atoms with Gasteiger partial charge in [-0.2, -0.15) is 0 Å². The molecule has 5 heteroatoms. The molecule has 3 rings (SSSR count). The summed E-state index contributed by atoms with van der Waals surface area (Å²) < 4.78 is 2.12. The van der Waals surface area contributed by atoms with E-state index in [1.165, 1.54) is 0 Å². The smallest absolute Gasteiger partial charge is 0.128 e. The van der Waals surface area contributed by atoms with E-state index in [1.807, 2.05) is 37.3 Å². The Labute approximate surface area is 127 Å². The first kappa shape index (κ1) is 13.4. The number of hydrogen-bond acceptors (Lipinski definition) is 2. The lowest BCUT2D eigenvalue weighted by atomic mass is 10.2. The highest BCUT2D eigenvalue weighted by Crippen LogP contribution is 2.27. The van der Waals surface area contributed by atoms with E-state index in [2.05, 4.69) is 14.5 Å². The average Bonchev–Trinajstić information content (AvgIpc) is 2.78. The molecular formula is C15H13Cl2N3. The van der Waals surface area contributed by atoms with E-state index in [0.29, 0.717) is 11.6 Å². The summed E-state index contributed by atoms with van der Waals surface area (Å²) in [7, 11) is 0. The van der Waals surface area contributed by atoms with Gasteiger partial charge in [-0.05, 0) is 42.8 Å². The second kappa shape index (κ2) is 5.43. The minimum Gasteiger partial charge on any atom is -0.322 e. The van der Waals surface area contributed by atoms with E-state index in [9.17, 15) is 0 Å². The van der Waals surface area contributed by atoms with Crippen LogP contribution in [-0.4, -0.2) is 14.5 Å². The Hall–Kier alpha value is -1.58. The molecule has 0 saturated carbocycles. The highest BCUT2D eigenvalue weighted by molar-refractivity contribution is 6.31. The Morgan fingerprint density at radius 1 is 1.20 bits per heavy atom. The monoisotopic (exact) mass is 305 g/mol. The Balaban J connectivity index is 2.14. The van der Waals surface area contributed by atoms with Gasteiger partial charge in [0.2, 0.25) is 0 Å². The lowest BCUT2D eigenvalue weighted by Crippen LogP contribution is -2.05. The molecule has 20 heavy (non-hydrogen) atoms.